The molecule has 8 atom stereocenters. The van der Waals surface area contributed by atoms with E-state index in [4.69, 9.17) is 0 Å². The van der Waals surface area contributed by atoms with Crippen molar-refractivity contribution in [2.75, 3.05) is 0 Å². The monoisotopic (exact) mass is 486 g/mol. The van der Waals surface area contributed by atoms with Crippen LogP contribution in [0.1, 0.15) is 89.7 Å². The summed E-state index contributed by atoms with van der Waals surface area (Å²) in [5.74, 6) is 8.92. The van der Waals surface area contributed by atoms with E-state index in [2.05, 4.69) is 25.7 Å². The standard InChI is InChI=1S/C30H37F3O2/c1-19(34)24-10-11-25-23-9-8-22-18-29(35,15-12-20-4-6-21(7-5-20)30(31,32)33)17-16-27(22,2)26(23)13-14-28(24,25)3/h4-7,22-26,35H,8-11,13-14,16-18H2,1-3H3/t22-,23?,24-,25?,26?,27+,28-,29-/m1/s1. The maximum atomic E-state index is 12.8. The number of hydrogen-bond acceptors (Lipinski definition) is 2. The molecule has 0 amide bonds. The van der Waals surface area contributed by atoms with Gasteiger partial charge < -0.3 is 5.11 Å². The number of Topliss-reactive ketones (excluding diaryl/α,β-unsaturated/α-hetero) is 1. The smallest absolute Gasteiger partial charge is 0.378 e. The van der Waals surface area contributed by atoms with Gasteiger partial charge in [-0.15, -0.1) is 0 Å². The number of aliphatic hydroxyl groups is 1. The first-order valence-corrected chi connectivity index (χ1v) is 13.3. The summed E-state index contributed by atoms with van der Waals surface area (Å²) in [7, 11) is 0. The molecule has 2 nitrogen and oxygen atoms in total. The summed E-state index contributed by atoms with van der Waals surface area (Å²) in [6.07, 6.45) is 4.57. The van der Waals surface area contributed by atoms with Crippen LogP contribution in [0.4, 0.5) is 13.2 Å². The van der Waals surface area contributed by atoms with Crippen LogP contribution in [0.15, 0.2) is 24.3 Å². The van der Waals surface area contributed by atoms with E-state index in [0.29, 0.717) is 47.9 Å². The molecule has 4 aliphatic carbocycles. The van der Waals surface area contributed by atoms with Gasteiger partial charge in [-0.05, 0) is 123 Å². The molecule has 4 saturated carbocycles. The SMILES string of the molecule is CC(=O)[C@H]1CCC2C3CC[C@@H]4C[C@@](O)(C#Cc5ccc(C(F)(F)F)cc5)CC[C@]4(C)C3CC[C@@]21C. The number of ketones is 1. The third kappa shape index (κ3) is 4.14. The Morgan fingerprint density at radius 1 is 0.943 bits per heavy atom. The van der Waals surface area contributed by atoms with Gasteiger partial charge in [-0.1, -0.05) is 25.7 Å². The fourth-order valence-corrected chi connectivity index (χ4v) is 8.96. The van der Waals surface area contributed by atoms with Crippen LogP contribution in [0.25, 0.3) is 0 Å². The van der Waals surface area contributed by atoms with E-state index in [1.54, 1.807) is 6.92 Å². The molecule has 0 heterocycles. The molecule has 5 heteroatoms. The van der Waals surface area contributed by atoms with Crippen LogP contribution in [-0.2, 0) is 11.0 Å². The summed E-state index contributed by atoms with van der Waals surface area (Å²) in [4.78, 5) is 12.4. The Hall–Kier alpha value is -1.80. The topological polar surface area (TPSA) is 37.3 Å². The molecule has 4 fully saturated rings. The molecule has 0 bridgehead atoms. The van der Waals surface area contributed by atoms with Crippen LogP contribution in [0.3, 0.4) is 0 Å². The van der Waals surface area contributed by atoms with Crippen molar-refractivity contribution in [2.24, 2.45) is 40.4 Å². The number of halogens is 3. The third-order valence-corrected chi connectivity index (χ3v) is 10.9. The van der Waals surface area contributed by atoms with E-state index in [0.717, 1.165) is 44.2 Å². The fourth-order valence-electron chi connectivity index (χ4n) is 8.96. The van der Waals surface area contributed by atoms with E-state index in [-0.39, 0.29) is 16.7 Å². The number of benzene rings is 1. The maximum Gasteiger partial charge on any atom is 0.416 e. The summed E-state index contributed by atoms with van der Waals surface area (Å²) in [6.45, 7) is 6.57. The van der Waals surface area contributed by atoms with E-state index >= 15 is 0 Å². The van der Waals surface area contributed by atoms with Crippen LogP contribution in [0, 0.1) is 52.3 Å². The van der Waals surface area contributed by atoms with Gasteiger partial charge in [-0.25, -0.2) is 0 Å². The van der Waals surface area contributed by atoms with Crippen LogP contribution in [-0.4, -0.2) is 16.5 Å². The maximum absolute atomic E-state index is 12.8. The minimum absolute atomic E-state index is 0.152. The number of hydrogen-bond donors (Lipinski definition) is 1. The van der Waals surface area contributed by atoms with Gasteiger partial charge in [-0.3, -0.25) is 4.79 Å². The largest absolute Gasteiger partial charge is 0.416 e. The molecule has 0 aromatic heterocycles. The first-order chi connectivity index (χ1) is 16.4. The Labute approximate surface area is 207 Å². The van der Waals surface area contributed by atoms with E-state index < -0.39 is 17.3 Å². The number of alkyl halides is 3. The lowest BCUT2D eigenvalue weighted by molar-refractivity contribution is -0.144. The molecule has 0 saturated heterocycles. The van der Waals surface area contributed by atoms with Crippen LogP contribution in [0.5, 0.6) is 0 Å². The molecule has 4 aliphatic rings. The molecule has 0 aliphatic heterocycles. The normalized spacial score (nSPS) is 42.8. The highest BCUT2D eigenvalue weighted by atomic mass is 19.4. The Morgan fingerprint density at radius 2 is 1.63 bits per heavy atom. The van der Waals surface area contributed by atoms with Gasteiger partial charge in [0.2, 0.25) is 0 Å². The first-order valence-electron chi connectivity index (χ1n) is 13.3. The van der Waals surface area contributed by atoms with Gasteiger partial charge in [0.05, 0.1) is 5.56 Å². The predicted octanol–water partition coefficient (Wildman–Crippen LogP) is 7.04. The second-order valence-corrected chi connectivity index (χ2v) is 12.5. The van der Waals surface area contributed by atoms with Gasteiger partial charge in [0, 0.05) is 11.5 Å². The molecule has 5 rings (SSSR count). The van der Waals surface area contributed by atoms with Crippen LogP contribution >= 0.6 is 0 Å². The summed E-state index contributed by atoms with van der Waals surface area (Å²) < 4.78 is 38.5. The Bertz CT molecular complexity index is 1050. The van der Waals surface area contributed by atoms with Crippen LogP contribution in [0.2, 0.25) is 0 Å². The molecule has 0 spiro atoms. The van der Waals surface area contributed by atoms with E-state index in [1.165, 1.54) is 25.0 Å². The third-order valence-electron chi connectivity index (χ3n) is 10.9. The molecule has 190 valence electrons. The molecular formula is C30H37F3O2. The Morgan fingerprint density at radius 3 is 2.29 bits per heavy atom. The summed E-state index contributed by atoms with van der Waals surface area (Å²) >= 11 is 0. The minimum atomic E-state index is -4.36. The molecular weight excluding hydrogens is 449 g/mol. The lowest BCUT2D eigenvalue weighted by Gasteiger charge is -2.61. The Balaban J connectivity index is 1.31. The lowest BCUT2D eigenvalue weighted by atomic mass is 9.44. The molecule has 3 unspecified atom stereocenters. The van der Waals surface area contributed by atoms with Gasteiger partial charge in [0.15, 0.2) is 0 Å². The van der Waals surface area contributed by atoms with Crippen molar-refractivity contribution < 1.29 is 23.1 Å². The molecule has 1 aromatic carbocycles. The second kappa shape index (κ2) is 8.37. The number of fused-ring (bicyclic) bond motifs is 5. The van der Waals surface area contributed by atoms with Crippen molar-refractivity contribution in [1.29, 1.82) is 0 Å². The van der Waals surface area contributed by atoms with Crippen molar-refractivity contribution in [2.45, 2.75) is 90.3 Å². The molecule has 1 N–H and O–H groups in total. The van der Waals surface area contributed by atoms with Crippen molar-refractivity contribution >= 4 is 5.78 Å². The number of carbonyl (C=O) groups excluding carboxylic acids is 1. The lowest BCUT2D eigenvalue weighted by Crippen LogP contribution is -2.56. The summed E-state index contributed by atoms with van der Waals surface area (Å²) in [6, 6.07) is 4.85. The van der Waals surface area contributed by atoms with Gasteiger partial charge in [0.1, 0.15) is 11.4 Å². The predicted molar refractivity (Wildman–Crippen MR) is 129 cm³/mol. The van der Waals surface area contributed by atoms with Crippen molar-refractivity contribution in [3.05, 3.63) is 35.4 Å². The molecule has 0 radical (unpaired) electrons. The van der Waals surface area contributed by atoms with Crippen molar-refractivity contribution in [3.63, 3.8) is 0 Å². The highest BCUT2D eigenvalue weighted by Crippen LogP contribution is 2.68. The van der Waals surface area contributed by atoms with Crippen molar-refractivity contribution in [3.8, 4) is 11.8 Å². The fraction of sp³-hybridized carbons (Fsp3) is 0.700. The highest BCUT2D eigenvalue weighted by Gasteiger charge is 2.61. The molecule has 35 heavy (non-hydrogen) atoms. The summed E-state index contributed by atoms with van der Waals surface area (Å²) in [5.41, 5.74) is -0.945. The quantitative estimate of drug-likeness (QED) is 0.433. The zero-order chi connectivity index (χ0) is 25.2. The zero-order valence-corrected chi connectivity index (χ0v) is 21.0. The van der Waals surface area contributed by atoms with Crippen LogP contribution < -0.4 is 0 Å². The van der Waals surface area contributed by atoms with E-state index in [9.17, 15) is 23.1 Å². The Kier molecular flexibility index (Phi) is 5.95. The minimum Gasteiger partial charge on any atom is -0.378 e. The van der Waals surface area contributed by atoms with Gasteiger partial charge in [-0.2, -0.15) is 13.2 Å². The first kappa shape index (κ1) is 24.9. The molecule has 1 aromatic rings. The van der Waals surface area contributed by atoms with Gasteiger partial charge >= 0.3 is 6.18 Å². The van der Waals surface area contributed by atoms with E-state index in [1.807, 2.05) is 0 Å². The highest BCUT2D eigenvalue weighted by molar-refractivity contribution is 5.79. The average Bonchev–Trinajstić information content (AvgIpc) is 3.16. The summed E-state index contributed by atoms with van der Waals surface area (Å²) in [5, 5.41) is 11.4. The van der Waals surface area contributed by atoms with Gasteiger partial charge in [0.25, 0.3) is 0 Å². The zero-order valence-electron chi connectivity index (χ0n) is 21.0. The number of rotatable bonds is 1. The average molecular weight is 487 g/mol. The number of carbonyl (C=O) groups is 1. The van der Waals surface area contributed by atoms with Crippen molar-refractivity contribution in [1.82, 2.24) is 0 Å². The second-order valence-electron chi connectivity index (χ2n) is 12.5.